The van der Waals surface area contributed by atoms with E-state index < -0.39 is 5.97 Å². The van der Waals surface area contributed by atoms with E-state index in [0.29, 0.717) is 22.5 Å². The Morgan fingerprint density at radius 2 is 1.32 bits per heavy atom. The van der Waals surface area contributed by atoms with Crippen molar-refractivity contribution < 1.29 is 19.1 Å². The quantitative estimate of drug-likeness (QED) is 0.399. The first-order valence-electron chi connectivity index (χ1n) is 10.6. The second-order valence-corrected chi connectivity index (χ2v) is 7.26. The van der Waals surface area contributed by atoms with E-state index in [1.54, 1.807) is 96.7 Å². The Kier molecular flexibility index (Phi) is 6.78. The van der Waals surface area contributed by atoms with Crippen molar-refractivity contribution in [1.29, 1.82) is 0 Å². The SMILES string of the molecule is CCOC(=O)c1ccn(-c2ccc(NC(=O)c3ccc(NC(=O)c4ccccc4)cc3)cc2)n1. The summed E-state index contributed by atoms with van der Waals surface area (Å²) in [5, 5.41) is 9.85. The summed E-state index contributed by atoms with van der Waals surface area (Å²) in [5.74, 6) is -0.974. The lowest BCUT2D eigenvalue weighted by molar-refractivity contribution is 0.0518. The number of benzene rings is 3. The molecule has 8 heteroatoms. The fourth-order valence-corrected chi connectivity index (χ4v) is 3.18. The minimum absolute atomic E-state index is 0.218. The fraction of sp³-hybridized carbons (Fsp3) is 0.0769. The number of amides is 2. The monoisotopic (exact) mass is 454 g/mol. The number of nitrogens with zero attached hydrogens (tertiary/aromatic N) is 2. The third-order valence-electron chi connectivity index (χ3n) is 4.90. The third kappa shape index (κ3) is 5.36. The molecular weight excluding hydrogens is 432 g/mol. The molecule has 0 radical (unpaired) electrons. The van der Waals surface area contributed by atoms with Crippen LogP contribution in [-0.2, 0) is 4.74 Å². The number of carbonyl (C=O) groups excluding carboxylic acids is 3. The summed E-state index contributed by atoms with van der Waals surface area (Å²) in [4.78, 5) is 36.6. The maximum Gasteiger partial charge on any atom is 0.358 e. The molecule has 0 fully saturated rings. The summed E-state index contributed by atoms with van der Waals surface area (Å²) in [6, 6.07) is 24.2. The van der Waals surface area contributed by atoms with E-state index in [9.17, 15) is 14.4 Å². The normalized spacial score (nSPS) is 10.4. The van der Waals surface area contributed by atoms with E-state index in [4.69, 9.17) is 4.74 Å². The summed E-state index contributed by atoms with van der Waals surface area (Å²) in [5.41, 5.74) is 3.16. The molecule has 170 valence electrons. The van der Waals surface area contributed by atoms with Gasteiger partial charge in [-0.1, -0.05) is 18.2 Å². The molecule has 2 amide bonds. The van der Waals surface area contributed by atoms with Crippen LogP contribution in [0.1, 0.15) is 38.1 Å². The summed E-state index contributed by atoms with van der Waals surface area (Å²) >= 11 is 0. The van der Waals surface area contributed by atoms with Crippen LogP contribution < -0.4 is 10.6 Å². The number of rotatable bonds is 7. The molecule has 3 aromatic carbocycles. The zero-order valence-corrected chi connectivity index (χ0v) is 18.4. The number of nitrogens with one attached hydrogen (secondary N) is 2. The van der Waals surface area contributed by atoms with E-state index in [1.165, 1.54) is 0 Å². The van der Waals surface area contributed by atoms with Crippen LogP contribution in [0.15, 0.2) is 91.1 Å². The number of ether oxygens (including phenoxy) is 1. The van der Waals surface area contributed by atoms with Gasteiger partial charge >= 0.3 is 5.97 Å². The first-order valence-corrected chi connectivity index (χ1v) is 10.6. The van der Waals surface area contributed by atoms with E-state index in [2.05, 4.69) is 15.7 Å². The molecule has 0 atom stereocenters. The van der Waals surface area contributed by atoms with Crippen molar-refractivity contribution in [2.75, 3.05) is 17.2 Å². The molecule has 0 spiro atoms. The maximum atomic E-state index is 12.6. The summed E-state index contributed by atoms with van der Waals surface area (Å²) in [6.07, 6.45) is 1.66. The maximum absolute atomic E-state index is 12.6. The van der Waals surface area contributed by atoms with Gasteiger partial charge in [0.2, 0.25) is 0 Å². The molecule has 0 aliphatic rings. The lowest BCUT2D eigenvalue weighted by atomic mass is 10.1. The number of hydrogen-bond acceptors (Lipinski definition) is 5. The van der Waals surface area contributed by atoms with E-state index in [0.717, 1.165) is 5.69 Å². The number of aromatic nitrogens is 2. The zero-order valence-electron chi connectivity index (χ0n) is 18.4. The van der Waals surface area contributed by atoms with E-state index >= 15 is 0 Å². The Hall–Kier alpha value is -4.72. The number of anilines is 2. The van der Waals surface area contributed by atoms with Crippen molar-refractivity contribution in [3.05, 3.63) is 108 Å². The van der Waals surface area contributed by atoms with Gasteiger partial charge in [-0.2, -0.15) is 5.10 Å². The molecule has 4 aromatic rings. The summed E-state index contributed by atoms with van der Waals surface area (Å²) < 4.78 is 6.50. The second-order valence-electron chi connectivity index (χ2n) is 7.26. The molecule has 0 aliphatic heterocycles. The minimum atomic E-state index is -0.476. The number of carbonyl (C=O) groups is 3. The second kappa shape index (κ2) is 10.3. The molecule has 34 heavy (non-hydrogen) atoms. The average Bonchev–Trinajstić information content (AvgIpc) is 3.36. The third-order valence-corrected chi connectivity index (χ3v) is 4.90. The first kappa shape index (κ1) is 22.5. The van der Waals surface area contributed by atoms with Crippen molar-refractivity contribution >= 4 is 29.2 Å². The largest absolute Gasteiger partial charge is 0.461 e. The van der Waals surface area contributed by atoms with Gasteiger partial charge in [0, 0.05) is 28.7 Å². The van der Waals surface area contributed by atoms with Crippen LogP contribution in [0, 0.1) is 0 Å². The van der Waals surface area contributed by atoms with Crippen molar-refractivity contribution in [2.45, 2.75) is 6.92 Å². The van der Waals surface area contributed by atoms with Crippen LogP contribution >= 0.6 is 0 Å². The zero-order chi connectivity index (χ0) is 23.9. The van der Waals surface area contributed by atoms with Crippen molar-refractivity contribution in [3.8, 4) is 5.69 Å². The highest BCUT2D eigenvalue weighted by atomic mass is 16.5. The fourth-order valence-electron chi connectivity index (χ4n) is 3.18. The molecule has 8 nitrogen and oxygen atoms in total. The van der Waals surface area contributed by atoms with Gasteiger partial charge in [-0.05, 0) is 73.7 Å². The van der Waals surface area contributed by atoms with Gasteiger partial charge in [-0.3, -0.25) is 9.59 Å². The molecule has 2 N–H and O–H groups in total. The average molecular weight is 454 g/mol. The van der Waals surface area contributed by atoms with Crippen LogP contribution in [0.25, 0.3) is 5.69 Å². The van der Waals surface area contributed by atoms with E-state index in [-0.39, 0.29) is 24.1 Å². The highest BCUT2D eigenvalue weighted by molar-refractivity contribution is 6.06. The number of esters is 1. The van der Waals surface area contributed by atoms with Crippen molar-refractivity contribution in [3.63, 3.8) is 0 Å². The topological polar surface area (TPSA) is 102 Å². The van der Waals surface area contributed by atoms with E-state index in [1.807, 2.05) is 6.07 Å². The van der Waals surface area contributed by atoms with Crippen LogP contribution in [0.3, 0.4) is 0 Å². The Labute approximate surface area is 196 Å². The molecular formula is C26H22N4O4. The van der Waals surface area contributed by atoms with Crippen LogP contribution in [-0.4, -0.2) is 34.2 Å². The molecule has 0 saturated heterocycles. The number of hydrogen-bond donors (Lipinski definition) is 2. The summed E-state index contributed by atoms with van der Waals surface area (Å²) in [7, 11) is 0. The lowest BCUT2D eigenvalue weighted by Crippen LogP contribution is -2.13. The molecule has 1 aromatic heterocycles. The Morgan fingerprint density at radius 1 is 0.765 bits per heavy atom. The highest BCUT2D eigenvalue weighted by Gasteiger charge is 2.12. The Morgan fingerprint density at radius 3 is 1.91 bits per heavy atom. The standard InChI is InChI=1S/C26H22N4O4/c1-2-34-26(33)23-16-17-30(29-23)22-14-12-21(13-15-22)28-25(32)19-8-10-20(11-9-19)27-24(31)18-6-4-3-5-7-18/h3-17H,2H2,1H3,(H,27,31)(H,28,32). The van der Waals surface area contributed by atoms with Gasteiger partial charge in [-0.15, -0.1) is 0 Å². The molecule has 0 aliphatic carbocycles. The lowest BCUT2D eigenvalue weighted by Gasteiger charge is -2.09. The minimum Gasteiger partial charge on any atom is -0.461 e. The van der Waals surface area contributed by atoms with Crippen molar-refractivity contribution in [1.82, 2.24) is 9.78 Å². The summed E-state index contributed by atoms with van der Waals surface area (Å²) in [6.45, 7) is 2.02. The molecule has 0 unspecified atom stereocenters. The molecule has 1 heterocycles. The van der Waals surface area contributed by atoms with Gasteiger partial charge in [0.1, 0.15) is 0 Å². The van der Waals surface area contributed by atoms with Gasteiger partial charge in [0.05, 0.1) is 12.3 Å². The Balaban J connectivity index is 1.36. The predicted octanol–water partition coefficient (Wildman–Crippen LogP) is 4.55. The van der Waals surface area contributed by atoms with Gasteiger partial charge in [-0.25, -0.2) is 9.48 Å². The first-order chi connectivity index (χ1) is 16.5. The molecule has 4 rings (SSSR count). The van der Waals surface area contributed by atoms with Crippen LogP contribution in [0.4, 0.5) is 11.4 Å². The van der Waals surface area contributed by atoms with Crippen LogP contribution in [0.5, 0.6) is 0 Å². The molecule has 0 bridgehead atoms. The molecule has 0 saturated carbocycles. The van der Waals surface area contributed by atoms with Crippen LogP contribution in [0.2, 0.25) is 0 Å². The predicted molar refractivity (Wildman–Crippen MR) is 128 cm³/mol. The Bertz CT molecular complexity index is 1300. The highest BCUT2D eigenvalue weighted by Crippen LogP contribution is 2.16. The smallest absolute Gasteiger partial charge is 0.358 e. The van der Waals surface area contributed by atoms with Gasteiger partial charge in [0.15, 0.2) is 5.69 Å². The van der Waals surface area contributed by atoms with Gasteiger partial charge < -0.3 is 15.4 Å². The van der Waals surface area contributed by atoms with Gasteiger partial charge in [0.25, 0.3) is 11.8 Å². The van der Waals surface area contributed by atoms with Crippen molar-refractivity contribution in [2.24, 2.45) is 0 Å².